The maximum absolute atomic E-state index is 3.86. The Kier molecular flexibility index (Phi) is 7.68. The van der Waals surface area contributed by atoms with E-state index in [2.05, 4.69) is 19.2 Å². The normalized spacial score (nSPS) is 28.5. The van der Waals surface area contributed by atoms with Crippen LogP contribution in [0, 0.1) is 11.8 Å². The summed E-state index contributed by atoms with van der Waals surface area (Å²) in [6.45, 7) is 5.95. The van der Waals surface area contributed by atoms with Gasteiger partial charge in [-0.15, -0.1) is 0 Å². The van der Waals surface area contributed by atoms with Gasteiger partial charge >= 0.3 is 0 Å². The van der Waals surface area contributed by atoms with E-state index in [1.807, 2.05) is 5.57 Å². The van der Waals surface area contributed by atoms with Crippen LogP contribution in [0.25, 0.3) is 0 Å². The summed E-state index contributed by atoms with van der Waals surface area (Å²) < 4.78 is 0. The van der Waals surface area contributed by atoms with E-state index in [0.717, 1.165) is 11.8 Å². The fourth-order valence-electron chi connectivity index (χ4n) is 4.52. The van der Waals surface area contributed by atoms with Crippen LogP contribution in [0.3, 0.4) is 0 Å². The summed E-state index contributed by atoms with van der Waals surface area (Å²) in [7, 11) is 0. The highest BCUT2D eigenvalue weighted by Gasteiger charge is 2.25. The van der Waals surface area contributed by atoms with Crippen LogP contribution in [-0.4, -0.2) is 6.54 Å². The SMILES string of the molecule is CCCC1CCCCCCCC(CCC)C2=C1CCCN2. The summed E-state index contributed by atoms with van der Waals surface area (Å²) in [6, 6.07) is 0. The lowest BCUT2D eigenvalue weighted by atomic mass is 9.80. The van der Waals surface area contributed by atoms with Crippen LogP contribution in [0.1, 0.15) is 97.3 Å². The first-order valence-corrected chi connectivity index (χ1v) is 9.83. The smallest absolute Gasteiger partial charge is 0.0147 e. The molecule has 0 aromatic heterocycles. The predicted octanol–water partition coefficient (Wildman–Crippen LogP) is 6.20. The van der Waals surface area contributed by atoms with Crippen molar-refractivity contribution in [2.24, 2.45) is 11.8 Å². The maximum atomic E-state index is 3.86. The van der Waals surface area contributed by atoms with Gasteiger partial charge in [-0.2, -0.15) is 0 Å². The Balaban J connectivity index is 2.23. The van der Waals surface area contributed by atoms with Gasteiger partial charge in [0.25, 0.3) is 0 Å². The van der Waals surface area contributed by atoms with Crippen molar-refractivity contribution in [2.75, 3.05) is 6.54 Å². The summed E-state index contributed by atoms with van der Waals surface area (Å²) >= 11 is 0. The molecular weight excluding hydrogens is 254 g/mol. The van der Waals surface area contributed by atoms with Gasteiger partial charge in [-0.3, -0.25) is 0 Å². The third-order valence-corrected chi connectivity index (χ3v) is 5.56. The van der Waals surface area contributed by atoms with Gasteiger partial charge in [-0.25, -0.2) is 0 Å². The Morgan fingerprint density at radius 3 is 2.14 bits per heavy atom. The molecule has 2 unspecified atom stereocenters. The van der Waals surface area contributed by atoms with E-state index in [1.165, 1.54) is 90.0 Å². The number of nitrogens with one attached hydrogen (secondary N) is 1. The minimum Gasteiger partial charge on any atom is -0.388 e. The van der Waals surface area contributed by atoms with E-state index in [4.69, 9.17) is 0 Å². The average Bonchev–Trinajstić information content (AvgIpc) is 2.54. The van der Waals surface area contributed by atoms with E-state index in [1.54, 1.807) is 5.70 Å². The number of allylic oxidation sites excluding steroid dienone is 2. The van der Waals surface area contributed by atoms with Gasteiger partial charge in [0.05, 0.1) is 0 Å². The second kappa shape index (κ2) is 9.54. The minimum absolute atomic E-state index is 0.836. The third-order valence-electron chi connectivity index (χ3n) is 5.56. The zero-order valence-electron chi connectivity index (χ0n) is 14.6. The largest absolute Gasteiger partial charge is 0.388 e. The van der Waals surface area contributed by atoms with Crippen molar-refractivity contribution in [1.29, 1.82) is 0 Å². The molecule has 1 aliphatic heterocycles. The lowest BCUT2D eigenvalue weighted by Gasteiger charge is -2.33. The average molecular weight is 292 g/mol. The zero-order valence-corrected chi connectivity index (χ0v) is 14.6. The molecule has 0 amide bonds. The Hall–Kier alpha value is -0.460. The molecule has 1 heteroatoms. The summed E-state index contributed by atoms with van der Waals surface area (Å²) in [5, 5.41) is 3.86. The van der Waals surface area contributed by atoms with Gasteiger partial charge in [0.1, 0.15) is 0 Å². The van der Waals surface area contributed by atoms with Crippen LogP contribution in [-0.2, 0) is 0 Å². The Labute approximate surface area is 133 Å². The highest BCUT2D eigenvalue weighted by Crippen LogP contribution is 2.36. The van der Waals surface area contributed by atoms with Gasteiger partial charge < -0.3 is 5.32 Å². The van der Waals surface area contributed by atoms with Crippen molar-refractivity contribution in [1.82, 2.24) is 5.32 Å². The number of hydrogen-bond acceptors (Lipinski definition) is 1. The fourth-order valence-corrected chi connectivity index (χ4v) is 4.52. The van der Waals surface area contributed by atoms with Crippen molar-refractivity contribution in [3.63, 3.8) is 0 Å². The van der Waals surface area contributed by atoms with Crippen LogP contribution in [0.4, 0.5) is 0 Å². The Bertz CT molecular complexity index is 288. The second-order valence-electron chi connectivity index (χ2n) is 7.29. The molecule has 0 saturated carbocycles. The van der Waals surface area contributed by atoms with Crippen molar-refractivity contribution in [2.45, 2.75) is 97.3 Å². The van der Waals surface area contributed by atoms with Gasteiger partial charge in [0, 0.05) is 12.2 Å². The van der Waals surface area contributed by atoms with Gasteiger partial charge in [-0.1, -0.05) is 58.8 Å². The quantitative estimate of drug-likeness (QED) is 0.650. The molecule has 2 aliphatic rings. The molecule has 0 spiro atoms. The molecule has 1 aliphatic carbocycles. The van der Waals surface area contributed by atoms with Gasteiger partial charge in [0.15, 0.2) is 0 Å². The third kappa shape index (κ3) is 5.04. The lowest BCUT2D eigenvalue weighted by molar-refractivity contribution is 0.408. The van der Waals surface area contributed by atoms with Crippen LogP contribution >= 0.6 is 0 Å². The van der Waals surface area contributed by atoms with Gasteiger partial charge in [0.2, 0.25) is 0 Å². The first-order valence-electron chi connectivity index (χ1n) is 9.83. The summed E-state index contributed by atoms with van der Waals surface area (Å²) in [5.74, 6) is 1.72. The fraction of sp³-hybridized carbons (Fsp3) is 0.900. The summed E-state index contributed by atoms with van der Waals surface area (Å²) in [5.41, 5.74) is 3.56. The van der Waals surface area contributed by atoms with E-state index < -0.39 is 0 Å². The molecule has 2 rings (SSSR count). The van der Waals surface area contributed by atoms with Crippen molar-refractivity contribution < 1.29 is 0 Å². The number of hydrogen-bond donors (Lipinski definition) is 1. The van der Waals surface area contributed by atoms with Crippen molar-refractivity contribution in [3.8, 4) is 0 Å². The lowest BCUT2D eigenvalue weighted by Crippen LogP contribution is -2.29. The summed E-state index contributed by atoms with van der Waals surface area (Å²) in [4.78, 5) is 0. The molecule has 122 valence electrons. The second-order valence-corrected chi connectivity index (χ2v) is 7.29. The zero-order chi connectivity index (χ0) is 14.9. The molecule has 0 bridgehead atoms. The Morgan fingerprint density at radius 2 is 1.43 bits per heavy atom. The van der Waals surface area contributed by atoms with E-state index >= 15 is 0 Å². The number of rotatable bonds is 4. The topological polar surface area (TPSA) is 12.0 Å². The highest BCUT2D eigenvalue weighted by atomic mass is 14.9. The van der Waals surface area contributed by atoms with Crippen molar-refractivity contribution in [3.05, 3.63) is 11.3 Å². The molecule has 0 aromatic rings. The first kappa shape index (κ1) is 16.9. The van der Waals surface area contributed by atoms with Crippen LogP contribution in [0.15, 0.2) is 11.3 Å². The maximum Gasteiger partial charge on any atom is 0.0147 e. The molecule has 1 heterocycles. The molecule has 0 aromatic carbocycles. The summed E-state index contributed by atoms with van der Waals surface area (Å²) in [6.07, 6.45) is 18.4. The standard InChI is InChI=1S/C20H37N/c1-3-11-17-13-8-6-5-7-9-14-18(12-4-2)20-19(17)15-10-16-21-20/h17-18,21H,3-16H2,1-2H3. The molecular formula is C20H37N. The van der Waals surface area contributed by atoms with E-state index in [-0.39, 0.29) is 0 Å². The molecule has 0 saturated heterocycles. The molecule has 1 N–H and O–H groups in total. The molecule has 1 nitrogen and oxygen atoms in total. The first-order chi connectivity index (χ1) is 10.4. The monoisotopic (exact) mass is 291 g/mol. The minimum atomic E-state index is 0.836. The van der Waals surface area contributed by atoms with E-state index in [0.29, 0.717) is 0 Å². The molecule has 21 heavy (non-hydrogen) atoms. The van der Waals surface area contributed by atoms with Crippen LogP contribution in [0.5, 0.6) is 0 Å². The van der Waals surface area contributed by atoms with Crippen molar-refractivity contribution >= 4 is 0 Å². The highest BCUT2D eigenvalue weighted by molar-refractivity contribution is 5.21. The van der Waals surface area contributed by atoms with Crippen LogP contribution < -0.4 is 5.32 Å². The predicted molar refractivity (Wildman–Crippen MR) is 93.4 cm³/mol. The van der Waals surface area contributed by atoms with Gasteiger partial charge in [-0.05, 0) is 55.9 Å². The molecule has 2 atom stereocenters. The molecule has 0 radical (unpaired) electrons. The Morgan fingerprint density at radius 1 is 0.810 bits per heavy atom. The molecule has 0 fully saturated rings. The van der Waals surface area contributed by atoms with Crippen LogP contribution in [0.2, 0.25) is 0 Å². The van der Waals surface area contributed by atoms with E-state index in [9.17, 15) is 0 Å².